The Labute approximate surface area is 279 Å². The highest BCUT2D eigenvalue weighted by atomic mass is 33.1. The normalized spacial score (nSPS) is 43.7. The van der Waals surface area contributed by atoms with Gasteiger partial charge in [0.1, 0.15) is 12.3 Å². The van der Waals surface area contributed by atoms with Crippen molar-refractivity contribution in [2.45, 2.75) is 55.5 Å². The summed E-state index contributed by atoms with van der Waals surface area (Å²) in [5.74, 6) is -1.19. The molecule has 0 radical (unpaired) electrons. The molecule has 8 fully saturated rings. The lowest BCUT2D eigenvalue weighted by Gasteiger charge is -2.57. The minimum Gasteiger partial charge on any atom is -0.392 e. The summed E-state index contributed by atoms with van der Waals surface area (Å²) in [6.45, 7) is -1.07. The summed E-state index contributed by atoms with van der Waals surface area (Å²) in [4.78, 5) is 59.0. The van der Waals surface area contributed by atoms with Gasteiger partial charge in [-0.25, -0.2) is 0 Å². The van der Waals surface area contributed by atoms with Crippen molar-refractivity contribution in [3.8, 4) is 0 Å². The van der Waals surface area contributed by atoms with Crippen molar-refractivity contribution in [2.75, 3.05) is 37.9 Å². The van der Waals surface area contributed by atoms with E-state index in [0.717, 1.165) is 22.5 Å². The molecule has 16 heteroatoms. The Hall–Kier alpha value is -2.76. The summed E-state index contributed by atoms with van der Waals surface area (Å²) >= 11 is 0. The molecule has 8 saturated heterocycles. The smallest absolute Gasteiger partial charge is 0.265 e. The Balaban J connectivity index is 1.29. The molecule has 0 aliphatic carbocycles. The number of aliphatic hydroxyl groups is 2. The van der Waals surface area contributed by atoms with Gasteiger partial charge in [-0.3, -0.25) is 29.0 Å². The van der Waals surface area contributed by atoms with E-state index in [1.807, 2.05) is 48.5 Å². The number of piperazine rings is 2. The lowest BCUT2D eigenvalue weighted by molar-refractivity contribution is -0.166. The first-order valence-corrected chi connectivity index (χ1v) is 19.3. The third-order valence-corrected chi connectivity index (χ3v) is 19.3. The molecule has 2 spiro atoms. The van der Waals surface area contributed by atoms with Crippen LogP contribution in [0.25, 0.3) is 0 Å². The molecule has 10 aliphatic rings. The van der Waals surface area contributed by atoms with Crippen molar-refractivity contribution < 1.29 is 29.4 Å². The molecule has 0 aromatic heterocycles. The Kier molecular flexibility index (Phi) is 5.08. The number of nitrogens with one attached hydrogen (secondary N) is 2. The number of benzene rings is 2. The van der Waals surface area contributed by atoms with Gasteiger partial charge >= 0.3 is 0 Å². The summed E-state index contributed by atoms with van der Waals surface area (Å²) in [7, 11) is 8.28. The number of carbonyl (C=O) groups excluding carboxylic acids is 4. The highest BCUT2D eigenvalue weighted by molar-refractivity contribution is 8.78. The van der Waals surface area contributed by atoms with Crippen LogP contribution in [0.3, 0.4) is 0 Å². The van der Waals surface area contributed by atoms with E-state index in [0.29, 0.717) is 0 Å². The standard InChI is InChI=1S/C30H28N6O6S4/c1-33-21(39)27-11-25(15-7-3-5-9-17(15)31-19(25)35(27)23(41)29(33,13-37)45-43-27)26-12-28-22(40)34(2)30(14-38,46-44-28)24(42)36(28)20(26)32-18-10-6-4-8-16(18)26/h3-10,19-20,31-32,37-38H,11-14H2,1-2H3/t19-,20+,25+,26-,27-,28-,29-,30+/m0/s1. The molecule has 12 nitrogen and oxygen atoms in total. The molecule has 10 heterocycles. The van der Waals surface area contributed by atoms with E-state index >= 15 is 0 Å². The van der Waals surface area contributed by atoms with Gasteiger partial charge in [-0.1, -0.05) is 58.0 Å². The molecule has 10 aliphatic heterocycles. The van der Waals surface area contributed by atoms with Gasteiger partial charge in [0.2, 0.25) is 9.74 Å². The zero-order valence-corrected chi connectivity index (χ0v) is 27.8. The van der Waals surface area contributed by atoms with E-state index < -0.39 is 55.9 Å². The highest BCUT2D eigenvalue weighted by Crippen LogP contribution is 2.78. The number of nitrogens with zero attached hydrogens (tertiary/aromatic N) is 4. The van der Waals surface area contributed by atoms with Crippen LogP contribution >= 0.6 is 43.2 Å². The Morgan fingerprint density at radius 2 is 1.04 bits per heavy atom. The van der Waals surface area contributed by atoms with Gasteiger partial charge in [0, 0.05) is 38.3 Å². The molecule has 4 bridgehead atoms. The van der Waals surface area contributed by atoms with Crippen molar-refractivity contribution in [1.82, 2.24) is 19.6 Å². The zero-order chi connectivity index (χ0) is 31.8. The number of hydrogen-bond donors (Lipinski definition) is 4. The molecule has 238 valence electrons. The summed E-state index contributed by atoms with van der Waals surface area (Å²) in [6, 6.07) is 15.8. The molecular weight excluding hydrogens is 669 g/mol. The number of hydrogen-bond acceptors (Lipinski definition) is 12. The largest absolute Gasteiger partial charge is 0.392 e. The number of aliphatic hydroxyl groups excluding tert-OH is 2. The highest BCUT2D eigenvalue weighted by Gasteiger charge is 2.87. The van der Waals surface area contributed by atoms with Crippen LogP contribution in [-0.2, 0) is 30.0 Å². The second-order valence-electron chi connectivity index (χ2n) is 13.3. The monoisotopic (exact) mass is 696 g/mol. The van der Waals surface area contributed by atoms with Crippen LogP contribution in [0.5, 0.6) is 0 Å². The van der Waals surface area contributed by atoms with Crippen LogP contribution in [0.4, 0.5) is 11.4 Å². The van der Waals surface area contributed by atoms with Gasteiger partial charge < -0.3 is 30.6 Å². The van der Waals surface area contributed by atoms with Crippen LogP contribution in [0.2, 0.25) is 0 Å². The van der Waals surface area contributed by atoms with E-state index in [1.54, 1.807) is 23.9 Å². The number of carbonyl (C=O) groups is 4. The average Bonchev–Trinajstić information content (AvgIpc) is 3.75. The van der Waals surface area contributed by atoms with E-state index in [1.165, 1.54) is 53.0 Å². The first kappa shape index (κ1) is 28.3. The molecule has 4 amide bonds. The van der Waals surface area contributed by atoms with Crippen LogP contribution in [0.1, 0.15) is 24.0 Å². The van der Waals surface area contributed by atoms with E-state index in [-0.39, 0.29) is 36.5 Å². The second kappa shape index (κ2) is 8.26. The maximum atomic E-state index is 14.7. The quantitative estimate of drug-likeness (QED) is 0.344. The lowest BCUT2D eigenvalue weighted by Crippen LogP contribution is -2.77. The third kappa shape index (κ3) is 2.48. The SMILES string of the molecule is CN1C(=O)[C@@]23C[C@@]4([C@]56C[C@@]78SS[C@](CO)(C(=O)N7[C@H]5Nc5ccccc56)N(C)C8=O)c5ccccc5N[C@H]4N2C(=O)[C@]1(CO)SS3. The molecule has 46 heavy (non-hydrogen) atoms. The lowest BCUT2D eigenvalue weighted by atomic mass is 9.54. The zero-order valence-electron chi connectivity index (χ0n) is 24.6. The van der Waals surface area contributed by atoms with Crippen molar-refractivity contribution in [1.29, 1.82) is 0 Å². The van der Waals surface area contributed by atoms with E-state index in [2.05, 4.69) is 10.6 Å². The topological polar surface area (TPSA) is 146 Å². The first-order valence-electron chi connectivity index (χ1n) is 15.0. The van der Waals surface area contributed by atoms with Gasteiger partial charge in [0.25, 0.3) is 23.6 Å². The van der Waals surface area contributed by atoms with Crippen molar-refractivity contribution in [3.05, 3.63) is 59.7 Å². The van der Waals surface area contributed by atoms with Crippen LogP contribution in [0.15, 0.2) is 48.5 Å². The molecule has 2 aromatic carbocycles. The molecule has 4 N–H and O–H groups in total. The van der Waals surface area contributed by atoms with Crippen LogP contribution < -0.4 is 10.6 Å². The van der Waals surface area contributed by atoms with Gasteiger partial charge in [-0.15, -0.1) is 0 Å². The van der Waals surface area contributed by atoms with Gasteiger partial charge in [-0.05, 0) is 44.8 Å². The van der Waals surface area contributed by atoms with Crippen molar-refractivity contribution in [3.63, 3.8) is 0 Å². The van der Waals surface area contributed by atoms with Crippen molar-refractivity contribution in [2.24, 2.45) is 0 Å². The molecule has 8 atom stereocenters. The molecule has 2 aromatic rings. The Morgan fingerprint density at radius 3 is 1.43 bits per heavy atom. The van der Waals surface area contributed by atoms with E-state index in [9.17, 15) is 29.4 Å². The summed E-state index contributed by atoms with van der Waals surface area (Å²) in [5, 5.41) is 28.6. The number of likely N-dealkylation sites (N-methyl/N-ethyl adjacent to an activating group) is 2. The predicted molar refractivity (Wildman–Crippen MR) is 175 cm³/mol. The fourth-order valence-corrected chi connectivity index (χ4v) is 17.2. The summed E-state index contributed by atoms with van der Waals surface area (Å²) in [5.41, 5.74) is 1.45. The van der Waals surface area contributed by atoms with E-state index in [4.69, 9.17) is 0 Å². The summed E-state index contributed by atoms with van der Waals surface area (Å²) in [6.07, 6.45) is -1.01. The molecule has 0 unspecified atom stereocenters. The molecule has 12 rings (SSSR count). The minimum absolute atomic E-state index is 0.223. The second-order valence-corrected chi connectivity index (χ2v) is 18.7. The van der Waals surface area contributed by atoms with Gasteiger partial charge in [-0.2, -0.15) is 0 Å². The number of para-hydroxylation sites is 2. The molecular formula is C30H28N6O6S4. The molecule has 0 saturated carbocycles. The number of anilines is 2. The van der Waals surface area contributed by atoms with Gasteiger partial charge in [0.15, 0.2) is 9.74 Å². The maximum Gasteiger partial charge on any atom is 0.265 e. The minimum atomic E-state index is -1.47. The first-order chi connectivity index (χ1) is 22.1. The maximum absolute atomic E-state index is 14.7. The van der Waals surface area contributed by atoms with Gasteiger partial charge in [0.05, 0.1) is 24.0 Å². The summed E-state index contributed by atoms with van der Waals surface area (Å²) < 4.78 is 0. The number of fused-ring (bicyclic) bond motifs is 11. The Morgan fingerprint density at radius 1 is 0.652 bits per heavy atom. The fourth-order valence-electron chi connectivity index (χ4n) is 9.92. The average molecular weight is 697 g/mol. The van der Waals surface area contributed by atoms with Crippen molar-refractivity contribution >= 4 is 78.2 Å². The Bertz CT molecular complexity index is 1740. The third-order valence-electron chi connectivity index (χ3n) is 12.0. The number of amides is 4. The number of rotatable bonds is 3. The van der Waals surface area contributed by atoms with Crippen LogP contribution in [0, 0.1) is 0 Å². The van der Waals surface area contributed by atoms with Crippen LogP contribution in [-0.4, -0.2) is 113 Å². The predicted octanol–water partition coefficient (Wildman–Crippen LogP) is 1.33. The fraction of sp³-hybridized carbons (Fsp3) is 0.467.